The zero-order valence-corrected chi connectivity index (χ0v) is 11.9. The Hall–Kier alpha value is -1.10. The van der Waals surface area contributed by atoms with Crippen LogP contribution in [0.5, 0.6) is 0 Å². The lowest BCUT2D eigenvalue weighted by molar-refractivity contribution is -0.148. The van der Waals surface area contributed by atoms with Gasteiger partial charge in [-0.3, -0.25) is 9.59 Å². The van der Waals surface area contributed by atoms with Crippen molar-refractivity contribution in [1.82, 2.24) is 10.2 Å². The Morgan fingerprint density at radius 2 is 1.89 bits per heavy atom. The summed E-state index contributed by atoms with van der Waals surface area (Å²) in [7, 11) is 0. The van der Waals surface area contributed by atoms with E-state index in [-0.39, 0.29) is 29.2 Å². The van der Waals surface area contributed by atoms with Crippen LogP contribution in [0.25, 0.3) is 0 Å². The lowest BCUT2D eigenvalue weighted by Crippen LogP contribution is -2.55. The van der Waals surface area contributed by atoms with Gasteiger partial charge in [0.05, 0.1) is 5.92 Å². The number of rotatable bonds is 2. The van der Waals surface area contributed by atoms with E-state index in [1.807, 2.05) is 4.90 Å². The van der Waals surface area contributed by atoms with E-state index in [2.05, 4.69) is 19.2 Å². The summed E-state index contributed by atoms with van der Waals surface area (Å²) >= 11 is 0. The molecule has 0 radical (unpaired) electrons. The monoisotopic (exact) mass is 267 g/mol. The fraction of sp³-hybridized carbons (Fsp3) is 0.857. The summed E-state index contributed by atoms with van der Waals surface area (Å²) in [5.74, 6) is -0.252. The van der Waals surface area contributed by atoms with Crippen LogP contribution >= 0.6 is 0 Å². The van der Waals surface area contributed by atoms with Gasteiger partial charge in [0.2, 0.25) is 11.8 Å². The number of hydrogen-bond acceptors (Lipinski definition) is 3. The fourth-order valence-corrected chi connectivity index (χ4v) is 3.16. The largest absolute Gasteiger partial charge is 0.369 e. The molecule has 2 heterocycles. The number of likely N-dealkylation sites (tertiary alicyclic amines) is 1. The molecule has 0 aromatic rings. The molecule has 0 aromatic heterocycles. The molecule has 19 heavy (non-hydrogen) atoms. The van der Waals surface area contributed by atoms with Gasteiger partial charge in [0.1, 0.15) is 0 Å². The van der Waals surface area contributed by atoms with Gasteiger partial charge in [0.15, 0.2) is 0 Å². The van der Waals surface area contributed by atoms with E-state index in [1.165, 1.54) is 0 Å². The van der Waals surface area contributed by atoms with E-state index in [9.17, 15) is 9.59 Å². The minimum Gasteiger partial charge on any atom is -0.369 e. The van der Waals surface area contributed by atoms with Crippen molar-refractivity contribution in [2.75, 3.05) is 19.6 Å². The Morgan fingerprint density at radius 3 is 2.47 bits per heavy atom. The van der Waals surface area contributed by atoms with E-state index in [0.29, 0.717) is 6.54 Å². The van der Waals surface area contributed by atoms with E-state index in [0.717, 1.165) is 38.8 Å². The van der Waals surface area contributed by atoms with Crippen molar-refractivity contribution in [3.63, 3.8) is 0 Å². The lowest BCUT2D eigenvalue weighted by Gasteiger charge is -2.43. The quantitative estimate of drug-likeness (QED) is 0.764. The standard InChI is InChI=1S/C14H25N3O2/c1-10-3-4-11(12(15)18)9-17(10)13(19)14(2)5-7-16-8-6-14/h10-11,16H,3-9H2,1-2H3,(H2,15,18). The van der Waals surface area contributed by atoms with Crippen molar-refractivity contribution in [2.45, 2.75) is 45.6 Å². The van der Waals surface area contributed by atoms with Crippen molar-refractivity contribution in [1.29, 1.82) is 0 Å². The van der Waals surface area contributed by atoms with Gasteiger partial charge >= 0.3 is 0 Å². The Balaban J connectivity index is 2.09. The van der Waals surface area contributed by atoms with Crippen LogP contribution in [-0.4, -0.2) is 42.4 Å². The van der Waals surface area contributed by atoms with Crippen LogP contribution < -0.4 is 11.1 Å². The van der Waals surface area contributed by atoms with Crippen molar-refractivity contribution >= 4 is 11.8 Å². The predicted octanol–water partition coefficient (Wildman–Crippen LogP) is 0.489. The van der Waals surface area contributed by atoms with Gasteiger partial charge in [0, 0.05) is 18.0 Å². The molecule has 108 valence electrons. The van der Waals surface area contributed by atoms with Crippen LogP contribution in [0.3, 0.4) is 0 Å². The average Bonchev–Trinajstić information content (AvgIpc) is 2.39. The number of piperidine rings is 2. The molecular weight excluding hydrogens is 242 g/mol. The average molecular weight is 267 g/mol. The lowest BCUT2D eigenvalue weighted by atomic mass is 9.78. The van der Waals surface area contributed by atoms with Gasteiger partial charge in [-0.2, -0.15) is 0 Å². The molecule has 5 nitrogen and oxygen atoms in total. The van der Waals surface area contributed by atoms with Crippen LogP contribution in [-0.2, 0) is 9.59 Å². The number of carbonyl (C=O) groups is 2. The van der Waals surface area contributed by atoms with Crippen molar-refractivity contribution < 1.29 is 9.59 Å². The Bertz CT molecular complexity index is 364. The predicted molar refractivity (Wildman–Crippen MR) is 73.3 cm³/mol. The van der Waals surface area contributed by atoms with Crippen LogP contribution in [0.4, 0.5) is 0 Å². The van der Waals surface area contributed by atoms with Crippen LogP contribution in [0.1, 0.15) is 39.5 Å². The first-order valence-corrected chi connectivity index (χ1v) is 7.25. The number of nitrogens with zero attached hydrogens (tertiary/aromatic N) is 1. The first kappa shape index (κ1) is 14.3. The second-order valence-electron chi connectivity index (χ2n) is 6.29. The SMILES string of the molecule is CC1CCC(C(N)=O)CN1C(=O)C1(C)CCNCC1. The molecule has 0 spiro atoms. The van der Waals surface area contributed by atoms with Crippen molar-refractivity contribution in [3.8, 4) is 0 Å². The second kappa shape index (κ2) is 5.49. The van der Waals surface area contributed by atoms with E-state index < -0.39 is 0 Å². The van der Waals surface area contributed by atoms with Crippen LogP contribution in [0, 0.1) is 11.3 Å². The maximum absolute atomic E-state index is 12.8. The summed E-state index contributed by atoms with van der Waals surface area (Å²) in [5, 5.41) is 3.29. The van der Waals surface area contributed by atoms with Crippen molar-refractivity contribution in [2.24, 2.45) is 17.1 Å². The highest BCUT2D eigenvalue weighted by Gasteiger charge is 2.41. The minimum atomic E-state index is -0.279. The number of nitrogens with one attached hydrogen (secondary N) is 1. The zero-order chi connectivity index (χ0) is 14.0. The Morgan fingerprint density at radius 1 is 1.26 bits per heavy atom. The van der Waals surface area contributed by atoms with Gasteiger partial charge in [-0.15, -0.1) is 0 Å². The highest BCUT2D eigenvalue weighted by molar-refractivity contribution is 5.84. The molecule has 2 amide bonds. The summed E-state index contributed by atoms with van der Waals surface area (Å²) < 4.78 is 0. The maximum Gasteiger partial charge on any atom is 0.228 e. The molecule has 2 atom stereocenters. The minimum absolute atomic E-state index is 0.175. The molecule has 3 N–H and O–H groups in total. The van der Waals surface area contributed by atoms with E-state index in [4.69, 9.17) is 5.73 Å². The molecule has 2 aliphatic heterocycles. The van der Waals surface area contributed by atoms with Gasteiger partial charge < -0.3 is 16.0 Å². The summed E-state index contributed by atoms with van der Waals surface area (Å²) in [6, 6.07) is 0.217. The molecule has 2 fully saturated rings. The smallest absolute Gasteiger partial charge is 0.228 e. The molecule has 0 saturated carbocycles. The zero-order valence-electron chi connectivity index (χ0n) is 11.9. The second-order valence-corrected chi connectivity index (χ2v) is 6.29. The molecule has 0 aliphatic carbocycles. The molecule has 2 unspecified atom stereocenters. The van der Waals surface area contributed by atoms with E-state index in [1.54, 1.807) is 0 Å². The highest BCUT2D eigenvalue weighted by atomic mass is 16.2. The maximum atomic E-state index is 12.8. The number of carbonyl (C=O) groups excluding carboxylic acids is 2. The van der Waals surface area contributed by atoms with Crippen LogP contribution in [0.2, 0.25) is 0 Å². The fourth-order valence-electron chi connectivity index (χ4n) is 3.16. The van der Waals surface area contributed by atoms with Gasteiger partial charge in [-0.25, -0.2) is 0 Å². The number of primary amides is 1. The molecule has 0 aromatic carbocycles. The molecule has 2 saturated heterocycles. The summed E-state index contributed by atoms with van der Waals surface area (Å²) in [4.78, 5) is 26.1. The molecule has 2 aliphatic rings. The molecule has 0 bridgehead atoms. The molecule has 2 rings (SSSR count). The Kier molecular flexibility index (Phi) is 4.13. The number of amides is 2. The topological polar surface area (TPSA) is 75.4 Å². The summed E-state index contributed by atoms with van der Waals surface area (Å²) in [6.07, 6.45) is 3.42. The third-order valence-electron chi connectivity index (χ3n) is 4.77. The number of hydrogen-bond donors (Lipinski definition) is 2. The normalized spacial score (nSPS) is 30.9. The molecular formula is C14H25N3O2. The first-order valence-electron chi connectivity index (χ1n) is 7.25. The van der Waals surface area contributed by atoms with Gasteiger partial charge in [0.25, 0.3) is 0 Å². The molecule has 5 heteroatoms. The summed E-state index contributed by atoms with van der Waals surface area (Å²) in [5.41, 5.74) is 5.12. The highest BCUT2D eigenvalue weighted by Crippen LogP contribution is 2.33. The van der Waals surface area contributed by atoms with Gasteiger partial charge in [-0.1, -0.05) is 6.92 Å². The van der Waals surface area contributed by atoms with Gasteiger partial charge in [-0.05, 0) is 45.7 Å². The first-order chi connectivity index (χ1) is 8.94. The summed E-state index contributed by atoms with van der Waals surface area (Å²) in [6.45, 7) is 6.40. The third kappa shape index (κ3) is 2.91. The number of nitrogens with two attached hydrogens (primary N) is 1. The van der Waals surface area contributed by atoms with E-state index >= 15 is 0 Å². The third-order valence-corrected chi connectivity index (χ3v) is 4.77. The van der Waals surface area contributed by atoms with Crippen molar-refractivity contribution in [3.05, 3.63) is 0 Å². The van der Waals surface area contributed by atoms with Crippen LogP contribution in [0.15, 0.2) is 0 Å². The Labute approximate surface area is 114 Å².